The molecule has 27 heavy (non-hydrogen) atoms. The van der Waals surface area contributed by atoms with Gasteiger partial charge in [-0.05, 0) is 97.7 Å². The Bertz CT molecular complexity index is 550. The SMILES string of the molecule is CC(C)CCCCC1CCC2C3C=CC4CC(O)CC[C@]4(C)C3CC[C@]12C. The first-order valence-electron chi connectivity index (χ1n) is 12.2. The third kappa shape index (κ3) is 3.45. The van der Waals surface area contributed by atoms with Crippen molar-refractivity contribution in [2.24, 2.45) is 46.3 Å². The summed E-state index contributed by atoms with van der Waals surface area (Å²) in [6, 6.07) is 0. The molecule has 3 fully saturated rings. The Morgan fingerprint density at radius 3 is 2.44 bits per heavy atom. The molecule has 3 saturated carbocycles. The predicted molar refractivity (Wildman–Crippen MR) is 114 cm³/mol. The Morgan fingerprint density at radius 1 is 0.926 bits per heavy atom. The van der Waals surface area contributed by atoms with Crippen LogP contribution in [0.3, 0.4) is 0 Å². The fraction of sp³-hybridized carbons (Fsp3) is 0.923. The first kappa shape index (κ1) is 20.0. The van der Waals surface area contributed by atoms with Gasteiger partial charge in [-0.3, -0.25) is 0 Å². The van der Waals surface area contributed by atoms with Crippen LogP contribution in [0, 0.1) is 46.3 Å². The van der Waals surface area contributed by atoms with Gasteiger partial charge in [-0.25, -0.2) is 0 Å². The normalized spacial score (nSPS) is 49.0. The third-order valence-corrected chi connectivity index (χ3v) is 9.92. The molecule has 0 aromatic rings. The number of allylic oxidation sites excluding steroid dienone is 2. The molecule has 4 rings (SSSR count). The van der Waals surface area contributed by atoms with E-state index in [1.165, 1.54) is 57.8 Å². The lowest BCUT2D eigenvalue weighted by Gasteiger charge is -2.58. The lowest BCUT2D eigenvalue weighted by atomic mass is 9.46. The fourth-order valence-electron chi connectivity index (χ4n) is 8.12. The molecule has 1 nitrogen and oxygen atoms in total. The van der Waals surface area contributed by atoms with E-state index in [0.717, 1.165) is 42.4 Å². The van der Waals surface area contributed by atoms with Gasteiger partial charge in [0.25, 0.3) is 0 Å². The summed E-state index contributed by atoms with van der Waals surface area (Å²) in [5.41, 5.74) is 1.05. The molecular weight excluding hydrogens is 328 g/mol. The van der Waals surface area contributed by atoms with Crippen molar-refractivity contribution in [3.63, 3.8) is 0 Å². The molecule has 1 heteroatoms. The van der Waals surface area contributed by atoms with Gasteiger partial charge in [0.2, 0.25) is 0 Å². The van der Waals surface area contributed by atoms with Gasteiger partial charge in [0.1, 0.15) is 0 Å². The summed E-state index contributed by atoms with van der Waals surface area (Å²) in [5.74, 6) is 5.08. The highest BCUT2D eigenvalue weighted by Gasteiger charge is 2.58. The highest BCUT2D eigenvalue weighted by Crippen LogP contribution is 2.66. The van der Waals surface area contributed by atoms with E-state index in [9.17, 15) is 5.11 Å². The first-order valence-corrected chi connectivity index (χ1v) is 12.2. The first-order chi connectivity index (χ1) is 12.8. The summed E-state index contributed by atoms with van der Waals surface area (Å²) in [6.07, 6.45) is 20.0. The molecule has 154 valence electrons. The Kier molecular flexibility index (Phi) is 5.56. The number of aliphatic hydroxyl groups excluding tert-OH is 1. The summed E-state index contributed by atoms with van der Waals surface area (Å²) in [7, 11) is 0. The summed E-state index contributed by atoms with van der Waals surface area (Å²) < 4.78 is 0. The van der Waals surface area contributed by atoms with Crippen LogP contribution in [0.15, 0.2) is 12.2 Å². The van der Waals surface area contributed by atoms with Crippen LogP contribution in [0.25, 0.3) is 0 Å². The van der Waals surface area contributed by atoms with E-state index >= 15 is 0 Å². The zero-order valence-electron chi connectivity index (χ0n) is 18.4. The minimum Gasteiger partial charge on any atom is -0.393 e. The molecule has 4 aliphatic carbocycles. The monoisotopic (exact) mass is 372 g/mol. The minimum absolute atomic E-state index is 0.0557. The minimum atomic E-state index is -0.0557. The van der Waals surface area contributed by atoms with Crippen LogP contribution in [0.4, 0.5) is 0 Å². The Hall–Kier alpha value is -0.300. The molecule has 0 amide bonds. The van der Waals surface area contributed by atoms with Crippen molar-refractivity contribution in [1.82, 2.24) is 0 Å². The molecule has 1 N–H and O–H groups in total. The second-order valence-corrected chi connectivity index (χ2v) is 11.7. The van der Waals surface area contributed by atoms with Gasteiger partial charge in [0.05, 0.1) is 6.10 Å². The molecule has 0 aliphatic heterocycles. The zero-order valence-corrected chi connectivity index (χ0v) is 18.4. The Balaban J connectivity index is 1.46. The predicted octanol–water partition coefficient (Wildman–Crippen LogP) is 7.00. The average Bonchev–Trinajstić information content (AvgIpc) is 2.96. The second-order valence-electron chi connectivity index (χ2n) is 11.7. The molecule has 0 heterocycles. The summed E-state index contributed by atoms with van der Waals surface area (Å²) in [5, 5.41) is 10.2. The third-order valence-electron chi connectivity index (χ3n) is 9.92. The maximum atomic E-state index is 10.2. The molecule has 8 atom stereocenters. The van der Waals surface area contributed by atoms with E-state index in [0.29, 0.717) is 16.7 Å². The van der Waals surface area contributed by atoms with E-state index in [1.54, 1.807) is 0 Å². The molecular formula is C26H44O. The topological polar surface area (TPSA) is 20.2 Å². The lowest BCUT2D eigenvalue weighted by molar-refractivity contribution is -0.0776. The number of rotatable bonds is 5. The molecule has 0 aromatic carbocycles. The maximum absolute atomic E-state index is 10.2. The molecule has 0 radical (unpaired) electrons. The fourth-order valence-corrected chi connectivity index (χ4v) is 8.12. The Labute approximate surface area is 168 Å². The van der Waals surface area contributed by atoms with Crippen molar-refractivity contribution < 1.29 is 5.11 Å². The Morgan fingerprint density at radius 2 is 1.67 bits per heavy atom. The van der Waals surface area contributed by atoms with Crippen LogP contribution in [-0.4, -0.2) is 11.2 Å². The van der Waals surface area contributed by atoms with Crippen molar-refractivity contribution in [1.29, 1.82) is 0 Å². The van der Waals surface area contributed by atoms with Gasteiger partial charge in [-0.1, -0.05) is 59.1 Å². The van der Waals surface area contributed by atoms with Gasteiger partial charge in [0.15, 0.2) is 0 Å². The molecule has 0 aromatic heterocycles. The van der Waals surface area contributed by atoms with Crippen LogP contribution in [0.2, 0.25) is 0 Å². The number of aliphatic hydroxyl groups is 1. The highest BCUT2D eigenvalue weighted by molar-refractivity contribution is 5.18. The van der Waals surface area contributed by atoms with E-state index in [1.807, 2.05) is 0 Å². The van der Waals surface area contributed by atoms with Crippen molar-refractivity contribution >= 4 is 0 Å². The largest absolute Gasteiger partial charge is 0.393 e. The van der Waals surface area contributed by atoms with Crippen LogP contribution < -0.4 is 0 Å². The van der Waals surface area contributed by atoms with E-state index in [2.05, 4.69) is 39.8 Å². The number of hydrogen-bond donors (Lipinski definition) is 1. The standard InChI is InChI=1S/C26H44O/c1-18(2)7-5-6-8-19-10-12-23-22-11-9-20-17-21(27)13-15-26(20,4)24(22)14-16-25(19,23)3/h9,11,18-24,27H,5-8,10,12-17H2,1-4H3/t19?,20?,21?,22?,23?,24?,25-,26+/m1/s1. The maximum Gasteiger partial charge on any atom is 0.0546 e. The van der Waals surface area contributed by atoms with Gasteiger partial charge in [-0.2, -0.15) is 0 Å². The molecule has 0 bridgehead atoms. The second kappa shape index (κ2) is 7.51. The summed E-state index contributed by atoms with van der Waals surface area (Å²) >= 11 is 0. The zero-order chi connectivity index (χ0) is 19.2. The number of hydrogen-bond acceptors (Lipinski definition) is 1. The molecule has 6 unspecified atom stereocenters. The molecule has 0 spiro atoms. The van der Waals surface area contributed by atoms with Gasteiger partial charge < -0.3 is 5.11 Å². The van der Waals surface area contributed by atoms with E-state index < -0.39 is 0 Å². The van der Waals surface area contributed by atoms with Crippen molar-refractivity contribution in [2.75, 3.05) is 0 Å². The average molecular weight is 373 g/mol. The summed E-state index contributed by atoms with van der Waals surface area (Å²) in [6.45, 7) is 9.97. The van der Waals surface area contributed by atoms with Crippen molar-refractivity contribution in [2.45, 2.75) is 104 Å². The van der Waals surface area contributed by atoms with Crippen molar-refractivity contribution in [3.8, 4) is 0 Å². The highest BCUT2D eigenvalue weighted by atomic mass is 16.3. The van der Waals surface area contributed by atoms with Crippen LogP contribution in [-0.2, 0) is 0 Å². The van der Waals surface area contributed by atoms with E-state index in [4.69, 9.17) is 0 Å². The van der Waals surface area contributed by atoms with Gasteiger partial charge >= 0.3 is 0 Å². The van der Waals surface area contributed by atoms with Gasteiger partial charge in [0, 0.05) is 0 Å². The smallest absolute Gasteiger partial charge is 0.0546 e. The molecule has 0 saturated heterocycles. The molecule has 4 aliphatic rings. The quantitative estimate of drug-likeness (QED) is 0.407. The van der Waals surface area contributed by atoms with Gasteiger partial charge in [-0.15, -0.1) is 0 Å². The lowest BCUT2D eigenvalue weighted by Crippen LogP contribution is -2.52. The number of unbranched alkanes of at least 4 members (excludes halogenated alkanes) is 1. The van der Waals surface area contributed by atoms with Crippen molar-refractivity contribution in [3.05, 3.63) is 12.2 Å². The van der Waals surface area contributed by atoms with E-state index in [-0.39, 0.29) is 6.10 Å². The van der Waals surface area contributed by atoms with Crippen LogP contribution >= 0.6 is 0 Å². The summed E-state index contributed by atoms with van der Waals surface area (Å²) in [4.78, 5) is 0. The van der Waals surface area contributed by atoms with Crippen LogP contribution in [0.5, 0.6) is 0 Å². The van der Waals surface area contributed by atoms with Crippen LogP contribution in [0.1, 0.15) is 98.3 Å². The number of fused-ring (bicyclic) bond motifs is 5.